The van der Waals surface area contributed by atoms with Crippen LogP contribution in [0.2, 0.25) is 5.02 Å². The van der Waals surface area contributed by atoms with Gasteiger partial charge in [-0.3, -0.25) is 4.79 Å². The molecule has 0 saturated heterocycles. The molecule has 3 rings (SSSR count). The fourth-order valence-corrected chi connectivity index (χ4v) is 3.05. The number of pyridine rings is 1. The van der Waals surface area contributed by atoms with E-state index in [1.165, 1.54) is 18.2 Å². The van der Waals surface area contributed by atoms with Crippen molar-refractivity contribution in [2.75, 3.05) is 5.73 Å². The van der Waals surface area contributed by atoms with Crippen molar-refractivity contribution < 1.29 is 24.5 Å². The Morgan fingerprint density at radius 1 is 1.03 bits per heavy atom. The molecule has 3 aromatic rings. The van der Waals surface area contributed by atoms with Gasteiger partial charge in [-0.05, 0) is 23.8 Å². The number of halogens is 1. The molecule has 0 amide bonds. The van der Waals surface area contributed by atoms with E-state index in [9.17, 15) is 24.6 Å². The highest BCUT2D eigenvalue weighted by atomic mass is 35.5. The van der Waals surface area contributed by atoms with Crippen LogP contribution in [-0.2, 0) is 6.61 Å². The van der Waals surface area contributed by atoms with E-state index in [4.69, 9.17) is 22.1 Å². The summed E-state index contributed by atoms with van der Waals surface area (Å²) in [6, 6.07) is 13.4. The Bertz CT molecular complexity index is 1160. The first kappa shape index (κ1) is 20.0. The molecule has 0 atom stereocenters. The van der Waals surface area contributed by atoms with Gasteiger partial charge in [-0.1, -0.05) is 41.9 Å². The number of aromatic nitrogens is 1. The number of ether oxygens (including phenoxy) is 1. The van der Waals surface area contributed by atoms with Gasteiger partial charge in [-0.15, -0.1) is 0 Å². The Balaban J connectivity index is 2.25. The van der Waals surface area contributed by atoms with E-state index in [-0.39, 0.29) is 28.5 Å². The van der Waals surface area contributed by atoms with Crippen molar-refractivity contribution in [3.05, 3.63) is 80.6 Å². The Morgan fingerprint density at radius 2 is 1.69 bits per heavy atom. The number of aromatic amines is 1. The average Bonchev–Trinajstić information content (AvgIpc) is 2.66. The maximum absolute atomic E-state index is 12.2. The van der Waals surface area contributed by atoms with Crippen molar-refractivity contribution in [1.82, 2.24) is 4.98 Å². The molecule has 0 spiro atoms. The molecule has 0 aliphatic heterocycles. The minimum atomic E-state index is -1.61. The minimum absolute atomic E-state index is 0.0287. The molecule has 1 aromatic heterocycles. The summed E-state index contributed by atoms with van der Waals surface area (Å²) in [6.45, 7) is 0.124. The van der Waals surface area contributed by atoms with Crippen LogP contribution in [0.4, 0.5) is 5.82 Å². The number of rotatable bonds is 6. The van der Waals surface area contributed by atoms with Crippen molar-refractivity contribution in [2.24, 2.45) is 0 Å². The van der Waals surface area contributed by atoms with Crippen LogP contribution >= 0.6 is 11.6 Å². The monoisotopic (exact) mass is 414 g/mol. The summed E-state index contributed by atoms with van der Waals surface area (Å²) in [5.74, 6) is -3.45. The van der Waals surface area contributed by atoms with Gasteiger partial charge in [-0.2, -0.15) is 0 Å². The van der Waals surface area contributed by atoms with Crippen LogP contribution in [0, 0.1) is 0 Å². The van der Waals surface area contributed by atoms with Gasteiger partial charge in [0.05, 0.1) is 0 Å². The van der Waals surface area contributed by atoms with Crippen LogP contribution in [0.15, 0.2) is 53.3 Å². The van der Waals surface area contributed by atoms with Crippen molar-refractivity contribution in [2.45, 2.75) is 6.61 Å². The molecule has 8 nitrogen and oxygen atoms in total. The molecule has 0 aliphatic rings. The van der Waals surface area contributed by atoms with Gasteiger partial charge < -0.3 is 25.7 Å². The summed E-state index contributed by atoms with van der Waals surface area (Å²) >= 11 is 6.06. The Hall–Kier alpha value is -3.78. The van der Waals surface area contributed by atoms with E-state index in [2.05, 4.69) is 4.98 Å². The second-order valence-corrected chi connectivity index (χ2v) is 6.45. The number of carboxylic acid groups (broad SMARTS) is 2. The van der Waals surface area contributed by atoms with Gasteiger partial charge in [-0.25, -0.2) is 9.59 Å². The molecule has 1 heterocycles. The fourth-order valence-electron chi connectivity index (χ4n) is 2.87. The molecule has 29 heavy (non-hydrogen) atoms. The lowest BCUT2D eigenvalue weighted by atomic mass is 9.94. The van der Waals surface area contributed by atoms with Crippen LogP contribution < -0.4 is 16.0 Å². The van der Waals surface area contributed by atoms with Crippen molar-refractivity contribution in [3.8, 4) is 16.9 Å². The summed E-state index contributed by atoms with van der Waals surface area (Å²) in [5.41, 5.74) is 3.79. The minimum Gasteiger partial charge on any atom is -0.488 e. The second kappa shape index (κ2) is 8.07. The molecule has 148 valence electrons. The van der Waals surface area contributed by atoms with E-state index in [0.29, 0.717) is 0 Å². The van der Waals surface area contributed by atoms with Gasteiger partial charge in [0, 0.05) is 16.1 Å². The summed E-state index contributed by atoms with van der Waals surface area (Å²) in [4.78, 5) is 37.9. The van der Waals surface area contributed by atoms with Crippen LogP contribution in [0.1, 0.15) is 26.3 Å². The van der Waals surface area contributed by atoms with Crippen molar-refractivity contribution in [1.29, 1.82) is 0 Å². The number of aromatic carboxylic acids is 2. The normalized spacial score (nSPS) is 10.5. The third-order valence-electron chi connectivity index (χ3n) is 4.12. The standard InChI is InChI=1S/C20H15ClN2O6/c21-11-6-7-13(29-9-10-4-2-1-3-5-10)12(8-11)14-15(19(25)26)17(22)23-18(24)16(14)20(27)28/h1-8H,9H2,(H,25,26)(H,27,28)(H3,22,23,24). The van der Waals surface area contributed by atoms with Crippen LogP contribution in [0.5, 0.6) is 5.75 Å². The predicted octanol–water partition coefficient (Wildman–Crippen LogP) is 3.25. The molecule has 0 unspecified atom stereocenters. The highest BCUT2D eigenvalue weighted by molar-refractivity contribution is 6.31. The number of benzene rings is 2. The number of carbonyl (C=O) groups is 2. The van der Waals surface area contributed by atoms with E-state index in [1.807, 2.05) is 30.3 Å². The lowest BCUT2D eigenvalue weighted by Gasteiger charge is -2.16. The molecule has 2 aromatic carbocycles. The summed E-state index contributed by atoms with van der Waals surface area (Å²) < 4.78 is 5.78. The first-order valence-corrected chi connectivity index (χ1v) is 8.66. The molecule has 0 bridgehead atoms. The molecular weight excluding hydrogens is 400 g/mol. The number of carboxylic acids is 2. The SMILES string of the molecule is Nc1[nH]c(=O)c(C(=O)O)c(-c2cc(Cl)ccc2OCc2ccccc2)c1C(=O)O. The van der Waals surface area contributed by atoms with Gasteiger partial charge in [0.25, 0.3) is 5.56 Å². The zero-order valence-corrected chi connectivity index (χ0v) is 15.6. The predicted molar refractivity (Wildman–Crippen MR) is 107 cm³/mol. The van der Waals surface area contributed by atoms with E-state index in [1.54, 1.807) is 0 Å². The Morgan fingerprint density at radius 3 is 2.31 bits per heavy atom. The molecule has 9 heteroatoms. The first-order chi connectivity index (χ1) is 13.8. The van der Waals surface area contributed by atoms with Crippen molar-refractivity contribution in [3.63, 3.8) is 0 Å². The molecular formula is C20H15ClN2O6. The maximum Gasteiger partial charge on any atom is 0.342 e. The first-order valence-electron chi connectivity index (χ1n) is 8.28. The van der Waals surface area contributed by atoms with Crippen LogP contribution in [-0.4, -0.2) is 27.1 Å². The number of anilines is 1. The Labute approximate surface area is 169 Å². The maximum atomic E-state index is 12.2. The number of hydrogen-bond acceptors (Lipinski definition) is 5. The van der Waals surface area contributed by atoms with E-state index >= 15 is 0 Å². The zero-order valence-electron chi connectivity index (χ0n) is 14.8. The van der Waals surface area contributed by atoms with E-state index in [0.717, 1.165) is 5.56 Å². The molecule has 5 N–H and O–H groups in total. The van der Waals surface area contributed by atoms with Gasteiger partial charge in [0.2, 0.25) is 0 Å². The lowest BCUT2D eigenvalue weighted by molar-refractivity contribution is 0.0695. The summed E-state index contributed by atoms with van der Waals surface area (Å²) in [7, 11) is 0. The average molecular weight is 415 g/mol. The third-order valence-corrected chi connectivity index (χ3v) is 4.36. The fraction of sp³-hybridized carbons (Fsp3) is 0.0500. The molecule has 0 fully saturated rings. The lowest BCUT2D eigenvalue weighted by Crippen LogP contribution is -2.24. The molecule has 0 radical (unpaired) electrons. The quantitative estimate of drug-likeness (QED) is 0.484. The largest absolute Gasteiger partial charge is 0.488 e. The summed E-state index contributed by atoms with van der Waals surface area (Å²) in [5, 5.41) is 19.3. The number of nitrogens with two attached hydrogens (primary N) is 1. The molecule has 0 aliphatic carbocycles. The van der Waals surface area contributed by atoms with Gasteiger partial charge in [0.15, 0.2) is 0 Å². The molecule has 0 saturated carbocycles. The van der Waals surface area contributed by atoms with Crippen LogP contribution in [0.3, 0.4) is 0 Å². The van der Waals surface area contributed by atoms with Gasteiger partial charge in [0.1, 0.15) is 29.3 Å². The smallest absolute Gasteiger partial charge is 0.342 e. The van der Waals surface area contributed by atoms with Crippen molar-refractivity contribution >= 4 is 29.4 Å². The second-order valence-electron chi connectivity index (χ2n) is 6.02. The van der Waals surface area contributed by atoms with E-state index < -0.39 is 34.4 Å². The van der Waals surface area contributed by atoms with Gasteiger partial charge >= 0.3 is 11.9 Å². The highest BCUT2D eigenvalue weighted by Gasteiger charge is 2.28. The Kier molecular flexibility index (Phi) is 5.56. The summed E-state index contributed by atoms with van der Waals surface area (Å²) in [6.07, 6.45) is 0. The number of nitrogens with one attached hydrogen (secondary N) is 1. The number of nitrogen functional groups attached to an aromatic ring is 1. The zero-order chi connectivity index (χ0) is 21.1. The number of H-pyrrole nitrogens is 1. The van der Waals surface area contributed by atoms with Crippen LogP contribution in [0.25, 0.3) is 11.1 Å². The highest BCUT2D eigenvalue weighted by Crippen LogP contribution is 2.38. The topological polar surface area (TPSA) is 143 Å². The third kappa shape index (κ3) is 4.07. The number of hydrogen-bond donors (Lipinski definition) is 4.